The maximum atomic E-state index is 13.4. The molecule has 0 aromatic heterocycles. The van der Waals surface area contributed by atoms with E-state index in [1.165, 1.54) is 6.07 Å². The van der Waals surface area contributed by atoms with Gasteiger partial charge in [-0.2, -0.15) is 0 Å². The van der Waals surface area contributed by atoms with E-state index in [2.05, 4.69) is 10.6 Å². The van der Waals surface area contributed by atoms with Crippen molar-refractivity contribution in [2.75, 3.05) is 13.1 Å². The molecule has 128 valence electrons. The van der Waals surface area contributed by atoms with Crippen LogP contribution in [0.3, 0.4) is 0 Å². The summed E-state index contributed by atoms with van der Waals surface area (Å²) in [6.45, 7) is 0.295. The van der Waals surface area contributed by atoms with E-state index >= 15 is 0 Å². The van der Waals surface area contributed by atoms with Gasteiger partial charge in [0.05, 0.1) is 0 Å². The van der Waals surface area contributed by atoms with Gasteiger partial charge in [-0.1, -0.05) is 6.07 Å². The Kier molecular flexibility index (Phi) is 7.38. The highest BCUT2D eigenvalue weighted by molar-refractivity contribution is 5.94. The molecule has 23 heavy (non-hydrogen) atoms. The molecule has 4 N–H and O–H groups in total. The number of carbonyl (C=O) groups excluding carboxylic acids is 2. The molecule has 1 saturated carbocycles. The third-order valence-electron chi connectivity index (χ3n) is 3.74. The number of halogens is 3. The minimum atomic E-state index is -0.915. The van der Waals surface area contributed by atoms with Crippen LogP contribution in [0.25, 0.3) is 0 Å². The summed E-state index contributed by atoms with van der Waals surface area (Å²) in [4.78, 5) is 23.5. The van der Waals surface area contributed by atoms with Crippen LogP contribution >= 0.6 is 12.4 Å². The molecule has 2 unspecified atom stereocenters. The smallest absolute Gasteiger partial charge is 0.257 e. The highest BCUT2D eigenvalue weighted by Crippen LogP contribution is 2.23. The molecule has 1 aromatic carbocycles. The van der Waals surface area contributed by atoms with Crippen LogP contribution in [-0.4, -0.2) is 30.9 Å². The quantitative estimate of drug-likeness (QED) is 0.703. The maximum Gasteiger partial charge on any atom is 0.257 e. The molecular formula is C15H20ClF2N3O2. The van der Waals surface area contributed by atoms with Crippen molar-refractivity contribution < 1.29 is 18.4 Å². The van der Waals surface area contributed by atoms with Gasteiger partial charge in [-0.3, -0.25) is 9.59 Å². The van der Waals surface area contributed by atoms with E-state index in [1.54, 1.807) is 0 Å². The molecule has 1 aliphatic rings. The summed E-state index contributed by atoms with van der Waals surface area (Å²) in [6, 6.07) is 3.29. The van der Waals surface area contributed by atoms with Crippen LogP contribution < -0.4 is 16.4 Å². The molecule has 1 aromatic rings. The second kappa shape index (κ2) is 8.79. The summed E-state index contributed by atoms with van der Waals surface area (Å²) in [7, 11) is 0. The number of hydrogen-bond donors (Lipinski definition) is 3. The van der Waals surface area contributed by atoms with E-state index in [4.69, 9.17) is 5.73 Å². The van der Waals surface area contributed by atoms with Crippen molar-refractivity contribution in [2.24, 2.45) is 11.7 Å². The minimum absolute atomic E-state index is 0. The molecule has 2 amide bonds. The van der Waals surface area contributed by atoms with Gasteiger partial charge in [0.15, 0.2) is 0 Å². The van der Waals surface area contributed by atoms with E-state index in [0.29, 0.717) is 6.42 Å². The van der Waals surface area contributed by atoms with Crippen LogP contribution in [0.2, 0.25) is 0 Å². The summed E-state index contributed by atoms with van der Waals surface area (Å²) >= 11 is 0. The minimum Gasteiger partial charge on any atom is -0.354 e. The number of nitrogens with two attached hydrogens (primary N) is 1. The zero-order chi connectivity index (χ0) is 16.1. The fourth-order valence-corrected chi connectivity index (χ4v) is 2.56. The fraction of sp³-hybridized carbons (Fsp3) is 0.467. The van der Waals surface area contributed by atoms with Gasteiger partial charge in [-0.15, -0.1) is 12.4 Å². The van der Waals surface area contributed by atoms with E-state index in [9.17, 15) is 18.4 Å². The number of amides is 2. The normalized spacial score (nSPS) is 19.8. The third kappa shape index (κ3) is 5.14. The van der Waals surface area contributed by atoms with Crippen LogP contribution in [0.15, 0.2) is 18.2 Å². The molecule has 8 heteroatoms. The summed E-state index contributed by atoms with van der Waals surface area (Å²) in [5.74, 6) is -2.86. The number of benzene rings is 1. The fourth-order valence-electron chi connectivity index (χ4n) is 2.56. The average Bonchev–Trinajstić information content (AvgIpc) is 2.90. The van der Waals surface area contributed by atoms with Gasteiger partial charge in [0.2, 0.25) is 5.91 Å². The average molecular weight is 348 g/mol. The predicted molar refractivity (Wildman–Crippen MR) is 84.3 cm³/mol. The first-order chi connectivity index (χ1) is 10.5. The standard InChI is InChI=1S/C15H19F2N3O2.ClH/c16-11-2-1-3-12(17)13(11)15(22)20-7-6-19-14(21)9-4-5-10(18)8-9;/h1-3,9-10H,4-8,18H2,(H,19,21)(H,20,22);1H. The number of rotatable bonds is 5. The molecular weight excluding hydrogens is 328 g/mol. The van der Waals surface area contributed by atoms with Crippen molar-refractivity contribution in [2.45, 2.75) is 25.3 Å². The summed E-state index contributed by atoms with van der Waals surface area (Å²) in [6.07, 6.45) is 2.26. The van der Waals surface area contributed by atoms with Crippen LogP contribution in [0.4, 0.5) is 8.78 Å². The molecule has 0 bridgehead atoms. The van der Waals surface area contributed by atoms with Crippen molar-refractivity contribution in [1.29, 1.82) is 0 Å². The van der Waals surface area contributed by atoms with Crippen LogP contribution in [0.5, 0.6) is 0 Å². The molecule has 2 rings (SSSR count). The zero-order valence-corrected chi connectivity index (χ0v) is 13.3. The highest BCUT2D eigenvalue weighted by Gasteiger charge is 2.27. The SMILES string of the molecule is Cl.NC1CCC(C(=O)NCCNC(=O)c2c(F)cccc2F)C1. The summed E-state index contributed by atoms with van der Waals surface area (Å²) < 4.78 is 26.8. The first kappa shape index (κ1) is 19.3. The van der Waals surface area contributed by atoms with E-state index < -0.39 is 23.1 Å². The molecule has 1 aliphatic carbocycles. The number of nitrogens with one attached hydrogen (secondary N) is 2. The summed E-state index contributed by atoms with van der Waals surface area (Å²) in [5.41, 5.74) is 5.13. The van der Waals surface area contributed by atoms with Crippen molar-refractivity contribution >= 4 is 24.2 Å². The Morgan fingerprint density at radius 2 is 1.74 bits per heavy atom. The van der Waals surface area contributed by atoms with Gasteiger partial charge in [0.1, 0.15) is 17.2 Å². The molecule has 0 radical (unpaired) electrons. The Morgan fingerprint density at radius 3 is 2.30 bits per heavy atom. The predicted octanol–water partition coefficient (Wildman–Crippen LogP) is 1.36. The van der Waals surface area contributed by atoms with Gasteiger partial charge >= 0.3 is 0 Å². The maximum absolute atomic E-state index is 13.4. The lowest BCUT2D eigenvalue weighted by molar-refractivity contribution is -0.124. The lowest BCUT2D eigenvalue weighted by Gasteiger charge is -2.11. The second-order valence-corrected chi connectivity index (χ2v) is 5.41. The topological polar surface area (TPSA) is 84.2 Å². The van der Waals surface area contributed by atoms with Crippen molar-refractivity contribution in [1.82, 2.24) is 10.6 Å². The monoisotopic (exact) mass is 347 g/mol. The highest BCUT2D eigenvalue weighted by atomic mass is 35.5. The molecule has 0 heterocycles. The largest absolute Gasteiger partial charge is 0.354 e. The molecule has 0 aliphatic heterocycles. The number of hydrogen-bond acceptors (Lipinski definition) is 3. The van der Waals surface area contributed by atoms with Crippen molar-refractivity contribution in [3.8, 4) is 0 Å². The molecule has 5 nitrogen and oxygen atoms in total. The number of carbonyl (C=O) groups is 2. The van der Waals surface area contributed by atoms with Gasteiger partial charge in [-0.05, 0) is 31.4 Å². The van der Waals surface area contributed by atoms with E-state index in [0.717, 1.165) is 25.0 Å². The molecule has 0 spiro atoms. The Bertz CT molecular complexity index is 551. The van der Waals surface area contributed by atoms with Crippen molar-refractivity contribution in [3.05, 3.63) is 35.4 Å². The lowest BCUT2D eigenvalue weighted by Crippen LogP contribution is -2.37. The molecule has 0 saturated heterocycles. The Labute approximate surface area is 139 Å². The first-order valence-corrected chi connectivity index (χ1v) is 7.24. The van der Waals surface area contributed by atoms with Crippen LogP contribution in [-0.2, 0) is 4.79 Å². The van der Waals surface area contributed by atoms with Gasteiger partial charge in [0.25, 0.3) is 5.91 Å². The second-order valence-electron chi connectivity index (χ2n) is 5.41. The molecule has 2 atom stereocenters. The third-order valence-corrected chi connectivity index (χ3v) is 3.74. The zero-order valence-electron chi connectivity index (χ0n) is 12.5. The van der Waals surface area contributed by atoms with Gasteiger partial charge in [0, 0.05) is 25.0 Å². The first-order valence-electron chi connectivity index (χ1n) is 7.24. The lowest BCUT2D eigenvalue weighted by atomic mass is 10.1. The Morgan fingerprint density at radius 1 is 1.13 bits per heavy atom. The summed E-state index contributed by atoms with van der Waals surface area (Å²) in [5, 5.41) is 5.06. The van der Waals surface area contributed by atoms with Gasteiger partial charge in [-0.25, -0.2) is 8.78 Å². The molecule has 1 fully saturated rings. The van der Waals surface area contributed by atoms with E-state index in [-0.39, 0.29) is 43.4 Å². The van der Waals surface area contributed by atoms with Crippen molar-refractivity contribution in [3.63, 3.8) is 0 Å². The Balaban J connectivity index is 0.00000264. The van der Waals surface area contributed by atoms with Gasteiger partial charge < -0.3 is 16.4 Å². The van der Waals surface area contributed by atoms with Crippen LogP contribution in [0.1, 0.15) is 29.6 Å². The Hall–Kier alpha value is -1.73. The van der Waals surface area contributed by atoms with E-state index in [1.807, 2.05) is 0 Å². The van der Waals surface area contributed by atoms with Crippen LogP contribution in [0, 0.1) is 17.6 Å².